The van der Waals surface area contributed by atoms with Crippen molar-refractivity contribution >= 4 is 53.0 Å². The van der Waals surface area contributed by atoms with Crippen molar-refractivity contribution in [3.63, 3.8) is 0 Å². The summed E-state index contributed by atoms with van der Waals surface area (Å²) >= 11 is 16.5. The van der Waals surface area contributed by atoms with Crippen LogP contribution in [0.15, 0.2) is 12.7 Å². The molecule has 0 amide bonds. The lowest BCUT2D eigenvalue weighted by atomic mass is 9.78. The maximum atomic E-state index is 12.5. The topological polar surface area (TPSA) is 69.7 Å². The number of alkyl halides is 3. The number of Topliss-reactive ketones (excluding diaryl/α,β-unsaturated/α-hetero) is 1. The maximum Gasteiger partial charge on any atom is 0.508 e. The Hall–Kier alpha value is -0.780. The Morgan fingerprint density at radius 2 is 1.75 bits per heavy atom. The number of ketones is 1. The molecule has 0 fully saturated rings. The first-order valence-electron chi connectivity index (χ1n) is 7.37. The van der Waals surface area contributed by atoms with Crippen molar-refractivity contribution in [1.82, 2.24) is 0 Å². The lowest BCUT2D eigenvalue weighted by molar-refractivity contribution is -0.139. The van der Waals surface area contributed by atoms with Crippen LogP contribution < -0.4 is 0 Å². The summed E-state index contributed by atoms with van der Waals surface area (Å²) < 4.78 is 8.24. The van der Waals surface area contributed by atoms with Crippen molar-refractivity contribution in [3.8, 4) is 0 Å². The van der Waals surface area contributed by atoms with E-state index in [0.717, 1.165) is 0 Å². The zero-order valence-corrected chi connectivity index (χ0v) is 16.5. The smallest absolute Gasteiger partial charge is 0.430 e. The molecule has 0 aromatic heterocycles. The van der Waals surface area contributed by atoms with Gasteiger partial charge in [0, 0.05) is 0 Å². The summed E-state index contributed by atoms with van der Waals surface area (Å²) in [6.07, 6.45) is 0.864. The molecule has 0 heterocycles. The van der Waals surface area contributed by atoms with Crippen LogP contribution in [0.4, 0.5) is 4.79 Å². The van der Waals surface area contributed by atoms with Gasteiger partial charge in [-0.05, 0) is 26.2 Å². The molecule has 0 spiro atoms. The van der Waals surface area contributed by atoms with Gasteiger partial charge in [0.05, 0.1) is 11.3 Å². The summed E-state index contributed by atoms with van der Waals surface area (Å²) in [5.41, 5.74) is -1.18. The summed E-state index contributed by atoms with van der Waals surface area (Å²) in [5.74, 6) is -1.28. The fourth-order valence-corrected chi connectivity index (χ4v) is 2.35. The minimum absolute atomic E-state index is 0.218. The molecule has 2 unspecified atom stereocenters. The van der Waals surface area contributed by atoms with Crippen molar-refractivity contribution in [3.05, 3.63) is 12.7 Å². The van der Waals surface area contributed by atoms with Crippen LogP contribution in [0.5, 0.6) is 0 Å². The van der Waals surface area contributed by atoms with Crippen molar-refractivity contribution < 1.29 is 23.9 Å². The molecule has 138 valence electrons. The van der Waals surface area contributed by atoms with E-state index in [1.807, 2.05) is 0 Å². The van der Waals surface area contributed by atoms with E-state index in [2.05, 4.69) is 6.58 Å². The molecule has 0 aliphatic rings. The highest BCUT2D eigenvalue weighted by Crippen LogP contribution is 2.29. The normalized spacial score (nSPS) is 15.8. The van der Waals surface area contributed by atoms with Gasteiger partial charge in [0.15, 0.2) is 5.78 Å². The minimum Gasteiger partial charge on any atom is -0.430 e. The molecular weight excluding hydrogens is 379 g/mol. The van der Waals surface area contributed by atoms with Crippen molar-refractivity contribution in [2.24, 2.45) is 17.3 Å². The van der Waals surface area contributed by atoms with Crippen LogP contribution >= 0.6 is 34.8 Å². The number of hydrogen-bond donors (Lipinski definition) is 0. The second-order valence-electron chi connectivity index (χ2n) is 6.23. The van der Waals surface area contributed by atoms with Gasteiger partial charge in [-0.2, -0.15) is 0 Å². The molecule has 0 bridgehead atoms. The highest BCUT2D eigenvalue weighted by molar-refractivity contribution is 6.67. The van der Waals surface area contributed by atoms with Crippen molar-refractivity contribution in [2.75, 3.05) is 6.61 Å². The van der Waals surface area contributed by atoms with Crippen LogP contribution in [0.2, 0.25) is 0 Å². The number of rotatable bonds is 9. The predicted octanol–water partition coefficient (Wildman–Crippen LogP) is 4.52. The van der Waals surface area contributed by atoms with E-state index in [4.69, 9.17) is 44.3 Å². The summed E-state index contributed by atoms with van der Waals surface area (Å²) in [4.78, 5) is 35.4. The number of ether oxygens (including phenoxy) is 2. The quantitative estimate of drug-likeness (QED) is 0.187. The number of carbonyl (C=O) groups is 3. The zero-order valence-electron chi connectivity index (χ0n) is 14.2. The third kappa shape index (κ3) is 7.86. The molecule has 0 aliphatic carbocycles. The molecule has 24 heavy (non-hydrogen) atoms. The molecule has 0 saturated carbocycles. The van der Waals surface area contributed by atoms with E-state index in [1.165, 1.54) is 13.8 Å². The average molecular weight is 402 g/mol. The first-order valence-corrected chi connectivity index (χ1v) is 8.50. The Bertz CT molecular complexity index is 471. The molecule has 5 nitrogen and oxygen atoms in total. The molecule has 0 saturated heterocycles. The van der Waals surface area contributed by atoms with Crippen LogP contribution in [0.25, 0.3) is 0 Å². The summed E-state index contributed by atoms with van der Waals surface area (Å²) in [6.45, 7) is 9.56. The number of aldehydes is 1. The monoisotopic (exact) mass is 400 g/mol. The standard InChI is InChI=1S/C16H23Cl3O5/c1-6-7-10(2)12(11(3)13(21)15(4,5)8-20)24-14(22)23-9-16(17,18)19/h6,8,10-12H,1,7,9H2,2-5H3/t10?,11?,12-/m0/s1. The third-order valence-electron chi connectivity index (χ3n) is 3.52. The molecule has 0 aliphatic heterocycles. The van der Waals surface area contributed by atoms with E-state index in [1.54, 1.807) is 19.9 Å². The Labute approximate surface area is 157 Å². The van der Waals surface area contributed by atoms with E-state index in [9.17, 15) is 14.4 Å². The highest BCUT2D eigenvalue weighted by atomic mass is 35.6. The lowest BCUT2D eigenvalue weighted by Crippen LogP contribution is -2.42. The van der Waals surface area contributed by atoms with Crippen LogP contribution in [-0.4, -0.2) is 34.7 Å². The van der Waals surface area contributed by atoms with Gasteiger partial charge >= 0.3 is 6.16 Å². The van der Waals surface area contributed by atoms with Crippen LogP contribution in [0.1, 0.15) is 34.1 Å². The van der Waals surface area contributed by atoms with Crippen LogP contribution in [-0.2, 0) is 19.1 Å². The van der Waals surface area contributed by atoms with Gasteiger partial charge in [-0.1, -0.05) is 54.7 Å². The summed E-state index contributed by atoms with van der Waals surface area (Å²) in [5, 5.41) is 0. The zero-order chi connectivity index (χ0) is 19.1. The molecule has 0 aromatic rings. The predicted molar refractivity (Wildman–Crippen MR) is 94.5 cm³/mol. The number of hydrogen-bond acceptors (Lipinski definition) is 5. The molecular formula is C16H23Cl3O5. The Morgan fingerprint density at radius 1 is 1.21 bits per heavy atom. The molecule has 0 radical (unpaired) electrons. The fraction of sp³-hybridized carbons (Fsp3) is 0.688. The van der Waals surface area contributed by atoms with Gasteiger partial charge in [0.25, 0.3) is 0 Å². The number of allylic oxidation sites excluding steroid dienone is 1. The van der Waals surface area contributed by atoms with Crippen LogP contribution in [0, 0.1) is 17.3 Å². The summed E-state index contributed by atoms with van der Waals surface area (Å²) in [6, 6.07) is 0. The first-order chi connectivity index (χ1) is 10.9. The van der Waals surface area contributed by atoms with Gasteiger partial charge in [-0.25, -0.2) is 4.79 Å². The van der Waals surface area contributed by atoms with Gasteiger partial charge < -0.3 is 14.3 Å². The molecule has 0 N–H and O–H groups in total. The number of halogens is 3. The maximum absolute atomic E-state index is 12.5. The lowest BCUT2D eigenvalue weighted by Gasteiger charge is -2.31. The first kappa shape index (κ1) is 23.2. The summed E-state index contributed by atoms with van der Waals surface area (Å²) in [7, 11) is 0. The average Bonchev–Trinajstić information content (AvgIpc) is 2.48. The third-order valence-corrected chi connectivity index (χ3v) is 3.85. The Balaban J connectivity index is 5.18. The van der Waals surface area contributed by atoms with Gasteiger partial charge in [-0.3, -0.25) is 4.79 Å². The van der Waals surface area contributed by atoms with Crippen molar-refractivity contribution in [1.29, 1.82) is 0 Å². The van der Waals surface area contributed by atoms with Gasteiger partial charge in [0.2, 0.25) is 3.79 Å². The van der Waals surface area contributed by atoms with E-state index in [-0.39, 0.29) is 11.7 Å². The van der Waals surface area contributed by atoms with Gasteiger partial charge in [-0.15, -0.1) is 6.58 Å². The van der Waals surface area contributed by atoms with E-state index in [0.29, 0.717) is 12.7 Å². The Kier molecular flexibility index (Phi) is 9.32. The highest BCUT2D eigenvalue weighted by Gasteiger charge is 2.39. The molecule has 3 atom stereocenters. The van der Waals surface area contributed by atoms with E-state index >= 15 is 0 Å². The largest absolute Gasteiger partial charge is 0.508 e. The van der Waals surface area contributed by atoms with Crippen molar-refractivity contribution in [2.45, 2.75) is 44.0 Å². The second-order valence-corrected chi connectivity index (χ2v) is 8.75. The second kappa shape index (κ2) is 9.64. The SMILES string of the molecule is C=CCC(C)[C@H](OC(=O)OCC(Cl)(Cl)Cl)C(C)C(=O)C(C)(C)C=O. The molecule has 8 heteroatoms. The molecule has 0 rings (SSSR count). The molecule has 0 aromatic carbocycles. The number of carbonyl (C=O) groups excluding carboxylic acids is 3. The minimum atomic E-state index is -1.76. The van der Waals surface area contributed by atoms with E-state index < -0.39 is 34.0 Å². The van der Waals surface area contributed by atoms with Gasteiger partial charge in [0.1, 0.15) is 19.0 Å². The van der Waals surface area contributed by atoms with Crippen LogP contribution in [0.3, 0.4) is 0 Å². The Morgan fingerprint density at radius 3 is 2.17 bits per heavy atom. The fourth-order valence-electron chi connectivity index (χ4n) is 2.19.